The molecule has 0 aliphatic carbocycles. The van der Waals surface area contributed by atoms with Crippen LogP contribution in [0.2, 0.25) is 0 Å². The van der Waals surface area contributed by atoms with E-state index in [1.165, 1.54) is 0 Å². The van der Waals surface area contributed by atoms with Gasteiger partial charge in [0.15, 0.2) is 11.5 Å². The minimum absolute atomic E-state index is 0.180. The molecule has 0 saturated carbocycles. The van der Waals surface area contributed by atoms with Crippen molar-refractivity contribution in [3.8, 4) is 17.2 Å². The molecule has 1 aromatic heterocycles. The molecule has 0 radical (unpaired) electrons. The maximum atomic E-state index is 13.4. The number of benzene rings is 3. The number of anilines is 2. The summed E-state index contributed by atoms with van der Waals surface area (Å²) in [5.74, 6) is 2.64. The van der Waals surface area contributed by atoms with Crippen molar-refractivity contribution in [2.45, 2.75) is 19.9 Å². The summed E-state index contributed by atoms with van der Waals surface area (Å²) in [5.41, 5.74) is 3.08. The van der Waals surface area contributed by atoms with Crippen molar-refractivity contribution in [3.05, 3.63) is 83.9 Å². The Morgan fingerprint density at radius 3 is 2.57 bits per heavy atom. The first-order valence-corrected chi connectivity index (χ1v) is 11.7. The molecule has 1 aliphatic rings. The van der Waals surface area contributed by atoms with Crippen LogP contribution in [-0.2, 0) is 0 Å². The topological polar surface area (TPSA) is 81.7 Å². The molecule has 1 amide bonds. The summed E-state index contributed by atoms with van der Waals surface area (Å²) >= 11 is 0. The lowest BCUT2D eigenvalue weighted by Crippen LogP contribution is -2.27. The molecule has 0 unspecified atom stereocenters. The molecule has 0 spiro atoms. The summed E-state index contributed by atoms with van der Waals surface area (Å²) < 4.78 is 16.8. The number of rotatable bonds is 7. The second-order valence-electron chi connectivity index (χ2n) is 8.25. The largest absolute Gasteiger partial charge is 0.494 e. The maximum Gasteiger partial charge on any atom is 0.252 e. The normalized spacial score (nSPS) is 13.2. The number of hydrogen-bond donors (Lipinski definition) is 2. The van der Waals surface area contributed by atoms with Gasteiger partial charge in [-0.3, -0.25) is 4.79 Å². The Bertz CT molecular complexity index is 1350. The molecule has 35 heavy (non-hydrogen) atoms. The van der Waals surface area contributed by atoms with Gasteiger partial charge in [-0.25, -0.2) is 4.98 Å². The average Bonchev–Trinajstić information content (AvgIpc) is 2.89. The molecule has 0 bridgehead atoms. The zero-order valence-corrected chi connectivity index (χ0v) is 19.7. The van der Waals surface area contributed by atoms with Gasteiger partial charge in [0.25, 0.3) is 5.91 Å². The Kier molecular flexibility index (Phi) is 6.39. The molecule has 3 aromatic carbocycles. The molecular weight excluding hydrogens is 442 g/mol. The molecule has 4 aromatic rings. The van der Waals surface area contributed by atoms with Gasteiger partial charge < -0.3 is 24.8 Å². The van der Waals surface area contributed by atoms with E-state index < -0.39 is 0 Å². The quantitative estimate of drug-likeness (QED) is 0.365. The maximum absolute atomic E-state index is 13.4. The van der Waals surface area contributed by atoms with Crippen LogP contribution in [0.4, 0.5) is 11.5 Å². The average molecular weight is 470 g/mol. The minimum Gasteiger partial charge on any atom is -0.494 e. The predicted octanol–water partition coefficient (Wildman–Crippen LogP) is 5.64. The van der Waals surface area contributed by atoms with E-state index in [1.54, 1.807) is 6.07 Å². The molecule has 1 aliphatic heterocycles. The van der Waals surface area contributed by atoms with E-state index in [9.17, 15) is 4.79 Å². The van der Waals surface area contributed by atoms with Crippen LogP contribution in [0.1, 0.15) is 35.8 Å². The van der Waals surface area contributed by atoms with E-state index in [1.807, 2.05) is 80.6 Å². The highest BCUT2D eigenvalue weighted by Crippen LogP contribution is 2.33. The van der Waals surface area contributed by atoms with Gasteiger partial charge >= 0.3 is 0 Å². The lowest BCUT2D eigenvalue weighted by Gasteiger charge is -2.21. The first kappa shape index (κ1) is 22.5. The second-order valence-corrected chi connectivity index (χ2v) is 8.25. The Morgan fingerprint density at radius 2 is 1.77 bits per heavy atom. The highest BCUT2D eigenvalue weighted by Gasteiger charge is 2.19. The summed E-state index contributed by atoms with van der Waals surface area (Å²) in [7, 11) is 0. The zero-order valence-electron chi connectivity index (χ0n) is 19.7. The van der Waals surface area contributed by atoms with Crippen molar-refractivity contribution >= 4 is 28.3 Å². The highest BCUT2D eigenvalue weighted by atomic mass is 16.6. The van der Waals surface area contributed by atoms with E-state index in [2.05, 4.69) is 10.6 Å². The third kappa shape index (κ3) is 4.99. The smallest absolute Gasteiger partial charge is 0.252 e. The van der Waals surface area contributed by atoms with Gasteiger partial charge in [0, 0.05) is 11.1 Å². The van der Waals surface area contributed by atoms with E-state index in [0.717, 1.165) is 33.7 Å². The van der Waals surface area contributed by atoms with Crippen LogP contribution < -0.4 is 24.8 Å². The van der Waals surface area contributed by atoms with Gasteiger partial charge in [-0.2, -0.15) is 0 Å². The number of nitrogens with one attached hydrogen (secondary N) is 2. The van der Waals surface area contributed by atoms with Gasteiger partial charge in [0.05, 0.1) is 23.7 Å². The summed E-state index contributed by atoms with van der Waals surface area (Å²) in [6.07, 6.45) is 0. The van der Waals surface area contributed by atoms with Crippen molar-refractivity contribution in [1.82, 2.24) is 10.3 Å². The summed E-state index contributed by atoms with van der Waals surface area (Å²) in [6.45, 7) is 5.57. The number of para-hydroxylation sites is 1. The lowest BCUT2D eigenvalue weighted by atomic mass is 10.0. The molecule has 0 saturated heterocycles. The third-order valence-electron chi connectivity index (χ3n) is 5.81. The fraction of sp³-hybridized carbons (Fsp3) is 0.214. The number of hydrogen-bond acceptors (Lipinski definition) is 6. The standard InChI is InChI=1S/C28H27N3O4/c1-3-33-21-11-9-20(10-12-21)30-27-17-23(22-6-4-5-7-24(22)31-27)28(32)29-18(2)19-8-13-25-26(16-19)35-15-14-34-25/h4-13,16-18H,3,14-15H2,1-2H3,(H,29,32)(H,30,31)/t18-/m1/s1. The Morgan fingerprint density at radius 1 is 1.00 bits per heavy atom. The molecule has 178 valence electrons. The van der Waals surface area contributed by atoms with Crippen molar-refractivity contribution in [3.63, 3.8) is 0 Å². The molecule has 1 atom stereocenters. The zero-order chi connectivity index (χ0) is 24.2. The van der Waals surface area contributed by atoms with Crippen molar-refractivity contribution in [2.75, 3.05) is 25.1 Å². The Balaban J connectivity index is 1.40. The van der Waals surface area contributed by atoms with Crippen LogP contribution in [-0.4, -0.2) is 30.7 Å². The summed E-state index contributed by atoms with van der Waals surface area (Å²) in [6, 6.07) is 22.6. The number of nitrogens with zero attached hydrogens (tertiary/aromatic N) is 1. The summed E-state index contributed by atoms with van der Waals surface area (Å²) in [5, 5.41) is 7.21. The summed E-state index contributed by atoms with van der Waals surface area (Å²) in [4.78, 5) is 18.1. The van der Waals surface area contributed by atoms with Crippen LogP contribution in [0.15, 0.2) is 72.8 Å². The number of aromatic nitrogens is 1. The van der Waals surface area contributed by atoms with Crippen LogP contribution in [0.5, 0.6) is 17.2 Å². The first-order valence-electron chi connectivity index (χ1n) is 11.7. The molecular formula is C28H27N3O4. The van der Waals surface area contributed by atoms with Crippen LogP contribution in [0.3, 0.4) is 0 Å². The molecule has 2 N–H and O–H groups in total. The highest BCUT2D eigenvalue weighted by molar-refractivity contribution is 6.07. The number of pyridine rings is 1. The van der Waals surface area contributed by atoms with Gasteiger partial charge in [-0.15, -0.1) is 0 Å². The van der Waals surface area contributed by atoms with Crippen LogP contribution in [0.25, 0.3) is 10.9 Å². The van der Waals surface area contributed by atoms with E-state index in [4.69, 9.17) is 19.2 Å². The predicted molar refractivity (Wildman–Crippen MR) is 136 cm³/mol. The van der Waals surface area contributed by atoms with Crippen molar-refractivity contribution in [2.24, 2.45) is 0 Å². The van der Waals surface area contributed by atoms with E-state index in [0.29, 0.717) is 37.0 Å². The van der Waals surface area contributed by atoms with Gasteiger partial charge in [0.1, 0.15) is 24.8 Å². The molecule has 0 fully saturated rings. The minimum atomic E-state index is -0.229. The third-order valence-corrected chi connectivity index (χ3v) is 5.81. The molecule has 7 heteroatoms. The van der Waals surface area contributed by atoms with Gasteiger partial charge in [-0.1, -0.05) is 24.3 Å². The van der Waals surface area contributed by atoms with Crippen molar-refractivity contribution in [1.29, 1.82) is 0 Å². The lowest BCUT2D eigenvalue weighted by molar-refractivity contribution is 0.0941. The number of amides is 1. The van der Waals surface area contributed by atoms with Crippen LogP contribution >= 0.6 is 0 Å². The van der Waals surface area contributed by atoms with E-state index >= 15 is 0 Å². The molecule has 5 rings (SSSR count). The SMILES string of the molecule is CCOc1ccc(Nc2cc(C(=O)N[C@H](C)c3ccc4c(c3)OCCO4)c3ccccc3n2)cc1. The fourth-order valence-corrected chi connectivity index (χ4v) is 4.06. The van der Waals surface area contributed by atoms with Gasteiger partial charge in [0.2, 0.25) is 0 Å². The van der Waals surface area contributed by atoms with E-state index in [-0.39, 0.29) is 11.9 Å². The van der Waals surface area contributed by atoms with Gasteiger partial charge in [-0.05, 0) is 67.9 Å². The second kappa shape index (κ2) is 9.93. The number of carbonyl (C=O) groups excluding carboxylic acids is 1. The molecule has 2 heterocycles. The number of fused-ring (bicyclic) bond motifs is 2. The van der Waals surface area contributed by atoms with Crippen LogP contribution in [0, 0.1) is 0 Å². The van der Waals surface area contributed by atoms with Crippen molar-refractivity contribution < 1.29 is 19.0 Å². The fourth-order valence-electron chi connectivity index (χ4n) is 4.06. The monoisotopic (exact) mass is 469 g/mol. The number of carbonyl (C=O) groups is 1. The first-order chi connectivity index (χ1) is 17.1. The number of ether oxygens (including phenoxy) is 3. The molecule has 7 nitrogen and oxygen atoms in total. The Hall–Kier alpha value is -4.26. The Labute approximate surface area is 204 Å².